The van der Waals surface area contributed by atoms with Crippen LogP contribution in [0.2, 0.25) is 0 Å². The molecule has 0 aromatic heterocycles. The number of rotatable bonds is 0. The molecule has 0 bridgehead atoms. The van der Waals surface area contributed by atoms with Crippen molar-refractivity contribution in [2.24, 2.45) is 0 Å². The number of carbonyl (C=O) groups is 1. The van der Waals surface area contributed by atoms with Crippen LogP contribution in [-0.4, -0.2) is 3.79 Å². The molecule has 0 aliphatic carbocycles. The van der Waals surface area contributed by atoms with E-state index in [1.807, 2.05) is 18.2 Å². The molecule has 0 saturated carbocycles. The quantitative estimate of drug-likeness (QED) is 0.306. The fourth-order valence-corrected chi connectivity index (χ4v) is 3.39. The zero-order valence-electron chi connectivity index (χ0n) is 5.30. The van der Waals surface area contributed by atoms with Crippen molar-refractivity contribution < 1.29 is 26.0 Å². The molecule has 10 heavy (non-hydrogen) atoms. The predicted octanol–water partition coefficient (Wildman–Crippen LogP) is -1.57. The minimum atomic E-state index is -0.189. The van der Waals surface area contributed by atoms with Crippen molar-refractivity contribution >= 4 is 3.79 Å². The van der Waals surface area contributed by atoms with Crippen LogP contribution in [0.15, 0.2) is 24.3 Å². The number of hydrogen-bond donors (Lipinski definition) is 0. The summed E-state index contributed by atoms with van der Waals surface area (Å²) in [5, 5.41) is 0. The van der Waals surface area contributed by atoms with E-state index in [2.05, 4.69) is 6.07 Å². The molecular formula is C8H6IO-. The second-order valence-electron chi connectivity index (χ2n) is 2.20. The maximum atomic E-state index is 11.1. The van der Waals surface area contributed by atoms with Crippen molar-refractivity contribution in [1.29, 1.82) is 0 Å². The summed E-state index contributed by atoms with van der Waals surface area (Å²) in [6.07, 6.45) is 0. The van der Waals surface area contributed by atoms with Gasteiger partial charge >= 0.3 is 69.6 Å². The summed E-state index contributed by atoms with van der Waals surface area (Å²) < 4.78 is 1.46. The van der Waals surface area contributed by atoms with Crippen LogP contribution in [0.5, 0.6) is 0 Å². The van der Waals surface area contributed by atoms with Crippen LogP contribution < -0.4 is 21.2 Å². The van der Waals surface area contributed by atoms with Crippen LogP contribution >= 0.6 is 0 Å². The van der Waals surface area contributed by atoms with Gasteiger partial charge in [-0.2, -0.15) is 0 Å². The third-order valence-electron chi connectivity index (χ3n) is 1.56. The molecule has 1 aliphatic rings. The Morgan fingerprint density at radius 1 is 1.30 bits per heavy atom. The van der Waals surface area contributed by atoms with E-state index in [1.54, 1.807) is 0 Å². The summed E-state index contributed by atoms with van der Waals surface area (Å²) in [5.41, 5.74) is 2.25. The van der Waals surface area contributed by atoms with Gasteiger partial charge in [0.15, 0.2) is 0 Å². The molecule has 1 aromatic carbocycles. The van der Waals surface area contributed by atoms with Gasteiger partial charge < -0.3 is 0 Å². The summed E-state index contributed by atoms with van der Waals surface area (Å²) in [6, 6.07) is 7.93. The van der Waals surface area contributed by atoms with Gasteiger partial charge in [-0.05, 0) is 0 Å². The van der Waals surface area contributed by atoms with Crippen molar-refractivity contribution in [1.82, 2.24) is 0 Å². The maximum absolute atomic E-state index is 11.1. The summed E-state index contributed by atoms with van der Waals surface area (Å²) in [5.74, 6) is 0. The van der Waals surface area contributed by atoms with E-state index < -0.39 is 0 Å². The molecule has 0 radical (unpaired) electrons. The Balaban J connectivity index is 2.61. The summed E-state index contributed by atoms with van der Waals surface area (Å²) in [4.78, 5) is 11.1. The van der Waals surface area contributed by atoms with Crippen molar-refractivity contribution in [3.05, 3.63) is 35.4 Å². The summed E-state index contributed by atoms with van der Waals surface area (Å²) in [6.45, 7) is 0. The first-order valence-corrected chi connectivity index (χ1v) is 5.70. The third-order valence-corrected chi connectivity index (χ3v) is 4.04. The number of carbonyl (C=O) groups excluding carboxylic acids is 1. The molecule has 0 atom stereocenters. The van der Waals surface area contributed by atoms with Gasteiger partial charge in [-0.25, -0.2) is 0 Å². The Bertz CT molecular complexity index is 280. The molecule has 0 amide bonds. The van der Waals surface area contributed by atoms with Gasteiger partial charge in [0.1, 0.15) is 0 Å². The second kappa shape index (κ2) is 2.34. The van der Waals surface area contributed by atoms with Gasteiger partial charge in [-0.15, -0.1) is 0 Å². The molecule has 2 heteroatoms. The topological polar surface area (TPSA) is 17.1 Å². The van der Waals surface area contributed by atoms with Gasteiger partial charge in [0.25, 0.3) is 0 Å². The Kier molecular flexibility index (Phi) is 1.48. The SMILES string of the molecule is O=C1[I-]Cc2ccccc21. The zero-order valence-corrected chi connectivity index (χ0v) is 7.46. The van der Waals surface area contributed by atoms with Gasteiger partial charge in [-0.1, -0.05) is 0 Å². The van der Waals surface area contributed by atoms with E-state index >= 15 is 0 Å². The molecule has 2 rings (SSSR count). The molecule has 1 aromatic rings. The number of benzene rings is 1. The first kappa shape index (κ1) is 6.34. The van der Waals surface area contributed by atoms with Crippen LogP contribution in [0.1, 0.15) is 15.9 Å². The first-order chi connectivity index (χ1) is 4.88. The Morgan fingerprint density at radius 3 is 2.90 bits per heavy atom. The van der Waals surface area contributed by atoms with Gasteiger partial charge in [-0.3, -0.25) is 0 Å². The standard InChI is InChI=1S/C8H6IO/c10-8-7-4-2-1-3-6(7)5-9-8/h1-4H,5H2/q-1. The molecule has 1 heterocycles. The average Bonchev–Trinajstić information content (AvgIpc) is 2.34. The van der Waals surface area contributed by atoms with E-state index in [4.69, 9.17) is 0 Å². The van der Waals surface area contributed by atoms with Crippen LogP contribution in [0.4, 0.5) is 0 Å². The molecule has 0 N–H and O–H groups in total. The Hall–Kier alpha value is -0.380. The Morgan fingerprint density at radius 2 is 2.10 bits per heavy atom. The summed E-state index contributed by atoms with van der Waals surface area (Å²) in [7, 11) is 0. The van der Waals surface area contributed by atoms with Crippen LogP contribution in [0.25, 0.3) is 0 Å². The van der Waals surface area contributed by atoms with Crippen molar-refractivity contribution in [3.8, 4) is 0 Å². The molecule has 0 saturated heterocycles. The molecule has 0 fully saturated rings. The fraction of sp³-hybridized carbons (Fsp3) is 0.125. The van der Waals surface area contributed by atoms with Crippen LogP contribution in [0, 0.1) is 0 Å². The van der Waals surface area contributed by atoms with Crippen LogP contribution in [-0.2, 0) is 4.43 Å². The van der Waals surface area contributed by atoms with Gasteiger partial charge in [0.05, 0.1) is 0 Å². The third kappa shape index (κ3) is 0.868. The van der Waals surface area contributed by atoms with Gasteiger partial charge in [0, 0.05) is 0 Å². The van der Waals surface area contributed by atoms with E-state index in [0.717, 1.165) is 9.99 Å². The van der Waals surface area contributed by atoms with E-state index in [9.17, 15) is 4.79 Å². The normalized spacial score (nSPS) is 16.2. The molecule has 0 spiro atoms. The van der Waals surface area contributed by atoms with Gasteiger partial charge in [0.2, 0.25) is 0 Å². The number of fused-ring (bicyclic) bond motifs is 1. The Labute approximate surface area is 69.7 Å². The number of halogens is 1. The first-order valence-electron chi connectivity index (χ1n) is 3.09. The molecule has 1 aliphatic heterocycles. The van der Waals surface area contributed by atoms with E-state index in [1.165, 1.54) is 5.56 Å². The summed E-state index contributed by atoms with van der Waals surface area (Å²) >= 11 is -0.189. The predicted molar refractivity (Wildman–Crippen MR) is 34.5 cm³/mol. The van der Waals surface area contributed by atoms with E-state index in [-0.39, 0.29) is 21.2 Å². The molecule has 0 unspecified atom stereocenters. The fourth-order valence-electron chi connectivity index (χ4n) is 1.03. The minimum absolute atomic E-state index is 0.189. The van der Waals surface area contributed by atoms with Crippen LogP contribution in [0.3, 0.4) is 0 Å². The zero-order chi connectivity index (χ0) is 6.97. The van der Waals surface area contributed by atoms with Crippen molar-refractivity contribution in [2.45, 2.75) is 4.43 Å². The number of alkyl halides is 1. The monoisotopic (exact) mass is 245 g/mol. The number of hydrogen-bond acceptors (Lipinski definition) is 1. The molecule has 52 valence electrons. The molecular weight excluding hydrogens is 239 g/mol. The van der Waals surface area contributed by atoms with E-state index in [0.29, 0.717) is 3.79 Å². The van der Waals surface area contributed by atoms with Crippen molar-refractivity contribution in [2.75, 3.05) is 0 Å². The van der Waals surface area contributed by atoms with Crippen molar-refractivity contribution in [3.63, 3.8) is 0 Å². The average molecular weight is 245 g/mol. The molecule has 1 nitrogen and oxygen atoms in total. The second-order valence-corrected chi connectivity index (χ2v) is 4.70.